The van der Waals surface area contributed by atoms with Gasteiger partial charge in [-0.15, -0.1) is 0 Å². The van der Waals surface area contributed by atoms with Crippen molar-refractivity contribution in [3.8, 4) is 11.8 Å². The molecule has 0 heterocycles. The highest BCUT2D eigenvalue weighted by Gasteiger charge is 2.21. The van der Waals surface area contributed by atoms with Crippen LogP contribution in [0, 0.1) is 11.8 Å². The molecule has 0 aromatic heterocycles. The van der Waals surface area contributed by atoms with Crippen molar-refractivity contribution in [1.82, 2.24) is 10.2 Å². The van der Waals surface area contributed by atoms with E-state index in [9.17, 15) is 4.79 Å². The third-order valence-electron chi connectivity index (χ3n) is 3.33. The van der Waals surface area contributed by atoms with Gasteiger partial charge in [0.25, 0.3) is 5.91 Å². The summed E-state index contributed by atoms with van der Waals surface area (Å²) in [6.07, 6.45) is 0. The third-order valence-corrected chi connectivity index (χ3v) is 3.33. The summed E-state index contributed by atoms with van der Waals surface area (Å²) in [5.74, 6) is 5.24. The Hall–Kier alpha value is -1.83. The Bertz CT molecular complexity index is 525. The van der Waals surface area contributed by atoms with Crippen molar-refractivity contribution in [3.05, 3.63) is 35.4 Å². The zero-order chi connectivity index (χ0) is 15.2. The van der Waals surface area contributed by atoms with Crippen LogP contribution in [0.4, 0.5) is 0 Å². The molecule has 108 valence electrons. The number of aliphatic hydroxyl groups excluding tert-OH is 1. The van der Waals surface area contributed by atoms with Gasteiger partial charge in [-0.3, -0.25) is 4.79 Å². The number of benzene rings is 1. The lowest BCUT2D eigenvalue weighted by Gasteiger charge is -2.32. The Morgan fingerprint density at radius 3 is 2.70 bits per heavy atom. The first-order valence-corrected chi connectivity index (χ1v) is 6.52. The van der Waals surface area contributed by atoms with E-state index in [0.29, 0.717) is 12.1 Å². The molecule has 1 aromatic rings. The summed E-state index contributed by atoms with van der Waals surface area (Å²) in [6, 6.07) is 7.07. The van der Waals surface area contributed by atoms with Crippen molar-refractivity contribution < 1.29 is 9.90 Å². The van der Waals surface area contributed by atoms with Crippen LogP contribution in [0.3, 0.4) is 0 Å². The zero-order valence-corrected chi connectivity index (χ0v) is 12.5. The van der Waals surface area contributed by atoms with Crippen molar-refractivity contribution in [2.75, 3.05) is 27.2 Å². The minimum absolute atomic E-state index is 0.107. The normalized spacial score (nSPS) is 10.9. The molecule has 1 aromatic carbocycles. The van der Waals surface area contributed by atoms with Gasteiger partial charge in [0.2, 0.25) is 0 Å². The third kappa shape index (κ3) is 4.69. The summed E-state index contributed by atoms with van der Waals surface area (Å²) in [6.45, 7) is 4.51. The van der Waals surface area contributed by atoms with Gasteiger partial charge < -0.3 is 15.3 Å². The Kier molecular flexibility index (Phi) is 5.75. The van der Waals surface area contributed by atoms with Crippen LogP contribution < -0.4 is 5.32 Å². The molecule has 4 nitrogen and oxygen atoms in total. The molecule has 4 heteroatoms. The highest BCUT2D eigenvalue weighted by molar-refractivity contribution is 5.94. The molecule has 0 spiro atoms. The average Bonchev–Trinajstić information content (AvgIpc) is 2.42. The minimum atomic E-state index is -0.187. The fourth-order valence-corrected chi connectivity index (χ4v) is 1.44. The molecule has 0 bridgehead atoms. The largest absolute Gasteiger partial charge is 0.384 e. The van der Waals surface area contributed by atoms with Crippen LogP contribution in [0.2, 0.25) is 0 Å². The monoisotopic (exact) mass is 274 g/mol. The summed E-state index contributed by atoms with van der Waals surface area (Å²) in [5.41, 5.74) is 1.19. The summed E-state index contributed by atoms with van der Waals surface area (Å²) >= 11 is 0. The number of hydrogen-bond acceptors (Lipinski definition) is 3. The summed E-state index contributed by atoms with van der Waals surface area (Å²) in [5, 5.41) is 11.6. The van der Waals surface area contributed by atoms with E-state index in [2.05, 4.69) is 35.9 Å². The molecule has 0 radical (unpaired) electrons. The Balaban J connectivity index is 2.73. The number of nitrogens with one attached hydrogen (secondary N) is 1. The highest BCUT2D eigenvalue weighted by Crippen LogP contribution is 2.09. The predicted molar refractivity (Wildman–Crippen MR) is 80.5 cm³/mol. The Morgan fingerprint density at radius 1 is 1.40 bits per heavy atom. The van der Waals surface area contributed by atoms with E-state index in [1.54, 1.807) is 18.2 Å². The lowest BCUT2D eigenvalue weighted by atomic mass is 10.0. The highest BCUT2D eigenvalue weighted by atomic mass is 16.2. The number of hydrogen-bond donors (Lipinski definition) is 2. The zero-order valence-electron chi connectivity index (χ0n) is 12.5. The second-order valence-corrected chi connectivity index (χ2v) is 5.43. The van der Waals surface area contributed by atoms with E-state index >= 15 is 0 Å². The number of aliphatic hydroxyl groups is 1. The Morgan fingerprint density at radius 2 is 2.10 bits per heavy atom. The first-order valence-electron chi connectivity index (χ1n) is 6.52. The number of carbonyl (C=O) groups excluding carboxylic acids is 1. The number of likely N-dealkylation sites (N-methyl/N-ethyl adjacent to an activating group) is 1. The van der Waals surface area contributed by atoms with E-state index in [-0.39, 0.29) is 18.1 Å². The van der Waals surface area contributed by atoms with Crippen LogP contribution in [-0.4, -0.2) is 48.7 Å². The molecule has 1 rings (SSSR count). The van der Waals surface area contributed by atoms with Gasteiger partial charge in [0, 0.05) is 23.2 Å². The standard InChI is InChI=1S/C16H22N2O2/c1-16(2,18(3)4)12-17-15(20)14-9-5-7-13(11-14)8-6-10-19/h5,7,9,11,19H,10,12H2,1-4H3,(H,17,20). The molecule has 1 amide bonds. The molecule has 0 aliphatic rings. The van der Waals surface area contributed by atoms with Gasteiger partial charge in [-0.2, -0.15) is 0 Å². The van der Waals surface area contributed by atoms with E-state index in [1.165, 1.54) is 0 Å². The number of nitrogens with zero attached hydrogens (tertiary/aromatic N) is 1. The van der Waals surface area contributed by atoms with Crippen LogP contribution in [0.15, 0.2) is 24.3 Å². The van der Waals surface area contributed by atoms with E-state index in [0.717, 1.165) is 5.56 Å². The van der Waals surface area contributed by atoms with E-state index in [4.69, 9.17) is 5.11 Å². The van der Waals surface area contributed by atoms with Crippen molar-refractivity contribution in [2.45, 2.75) is 19.4 Å². The minimum Gasteiger partial charge on any atom is -0.384 e. The molecule has 20 heavy (non-hydrogen) atoms. The molecule has 2 N–H and O–H groups in total. The van der Waals surface area contributed by atoms with Crippen LogP contribution in [0.25, 0.3) is 0 Å². The maximum Gasteiger partial charge on any atom is 0.251 e. The second kappa shape index (κ2) is 7.09. The predicted octanol–water partition coefficient (Wildman–Crippen LogP) is 1.10. The van der Waals surface area contributed by atoms with Crippen molar-refractivity contribution >= 4 is 5.91 Å². The molecule has 0 unspecified atom stereocenters. The SMILES string of the molecule is CN(C)C(C)(C)CNC(=O)c1cccc(C#CCO)c1. The van der Waals surface area contributed by atoms with Crippen molar-refractivity contribution in [3.63, 3.8) is 0 Å². The molecule has 0 saturated carbocycles. The van der Waals surface area contributed by atoms with Crippen LogP contribution >= 0.6 is 0 Å². The van der Waals surface area contributed by atoms with Gasteiger partial charge >= 0.3 is 0 Å². The van der Waals surface area contributed by atoms with Gasteiger partial charge in [0.1, 0.15) is 6.61 Å². The maximum atomic E-state index is 12.1. The molecule has 0 atom stereocenters. The van der Waals surface area contributed by atoms with Gasteiger partial charge in [-0.05, 0) is 46.1 Å². The average molecular weight is 274 g/mol. The lowest BCUT2D eigenvalue weighted by molar-refractivity contribution is 0.0919. The molecule has 0 fully saturated rings. The van der Waals surface area contributed by atoms with Crippen LogP contribution in [0.1, 0.15) is 29.8 Å². The number of rotatable bonds is 4. The van der Waals surface area contributed by atoms with E-state index in [1.807, 2.05) is 20.2 Å². The topological polar surface area (TPSA) is 52.6 Å². The van der Waals surface area contributed by atoms with Gasteiger partial charge in [-0.25, -0.2) is 0 Å². The quantitative estimate of drug-likeness (QED) is 0.809. The van der Waals surface area contributed by atoms with Crippen LogP contribution in [0.5, 0.6) is 0 Å². The maximum absolute atomic E-state index is 12.1. The summed E-state index contributed by atoms with van der Waals surface area (Å²) in [4.78, 5) is 14.2. The smallest absolute Gasteiger partial charge is 0.251 e. The van der Waals surface area contributed by atoms with Crippen molar-refractivity contribution in [1.29, 1.82) is 0 Å². The fourth-order valence-electron chi connectivity index (χ4n) is 1.44. The molecular weight excluding hydrogens is 252 g/mol. The van der Waals surface area contributed by atoms with Gasteiger partial charge in [0.15, 0.2) is 0 Å². The fraction of sp³-hybridized carbons (Fsp3) is 0.438. The Labute approximate surface area is 120 Å². The summed E-state index contributed by atoms with van der Waals surface area (Å²) in [7, 11) is 3.97. The van der Waals surface area contributed by atoms with Crippen LogP contribution in [-0.2, 0) is 0 Å². The first kappa shape index (κ1) is 16.2. The number of amides is 1. The molecule has 0 aliphatic carbocycles. The van der Waals surface area contributed by atoms with Gasteiger partial charge in [0.05, 0.1) is 0 Å². The number of carbonyl (C=O) groups is 1. The lowest BCUT2D eigenvalue weighted by Crippen LogP contribution is -2.48. The van der Waals surface area contributed by atoms with Gasteiger partial charge in [-0.1, -0.05) is 17.9 Å². The van der Waals surface area contributed by atoms with E-state index < -0.39 is 0 Å². The van der Waals surface area contributed by atoms with Crippen molar-refractivity contribution in [2.24, 2.45) is 0 Å². The summed E-state index contributed by atoms with van der Waals surface area (Å²) < 4.78 is 0. The first-order chi connectivity index (χ1) is 9.36. The second-order valence-electron chi connectivity index (χ2n) is 5.43. The molecule has 0 aliphatic heterocycles. The molecular formula is C16H22N2O2. The molecule has 0 saturated heterocycles.